The van der Waals surface area contributed by atoms with Crippen molar-refractivity contribution in [3.63, 3.8) is 0 Å². The minimum absolute atomic E-state index is 0.0388. The van der Waals surface area contributed by atoms with Gasteiger partial charge in [-0.1, -0.05) is 6.92 Å². The van der Waals surface area contributed by atoms with Crippen molar-refractivity contribution in [1.82, 2.24) is 10.6 Å². The molecule has 0 aliphatic heterocycles. The molecule has 1 aliphatic carbocycles. The summed E-state index contributed by atoms with van der Waals surface area (Å²) in [6.07, 6.45) is 2.57. The number of carbonyl (C=O) groups is 2. The molecule has 5 nitrogen and oxygen atoms in total. The van der Waals surface area contributed by atoms with Gasteiger partial charge >= 0.3 is 0 Å². The average Bonchev–Trinajstić information content (AvgIpc) is 2.28. The van der Waals surface area contributed by atoms with Crippen molar-refractivity contribution in [2.45, 2.75) is 52.1 Å². The molecule has 0 spiro atoms. The van der Waals surface area contributed by atoms with E-state index in [9.17, 15) is 9.59 Å². The topological polar surface area (TPSA) is 84.2 Å². The van der Waals surface area contributed by atoms with Crippen LogP contribution >= 0.6 is 0 Å². The zero-order chi connectivity index (χ0) is 13.7. The van der Waals surface area contributed by atoms with Crippen LogP contribution in [-0.2, 0) is 9.59 Å². The molecule has 1 saturated carbocycles. The standard InChI is InChI=1S/C13H25N3O2/c1-8(2)16-12(17)7-15-13(18)10-5-4-9(3)11(14)6-10/h8-11H,4-7,14H2,1-3H3,(H,15,18)(H,16,17). The molecule has 0 saturated heterocycles. The van der Waals surface area contributed by atoms with Gasteiger partial charge in [-0.05, 0) is 39.0 Å². The Morgan fingerprint density at radius 2 is 2.00 bits per heavy atom. The minimum atomic E-state index is -0.146. The molecule has 0 heterocycles. The summed E-state index contributed by atoms with van der Waals surface area (Å²) in [5.41, 5.74) is 5.97. The van der Waals surface area contributed by atoms with Gasteiger partial charge in [0.15, 0.2) is 0 Å². The Balaban J connectivity index is 2.31. The predicted molar refractivity (Wildman–Crippen MR) is 70.8 cm³/mol. The van der Waals surface area contributed by atoms with E-state index in [0.29, 0.717) is 5.92 Å². The summed E-state index contributed by atoms with van der Waals surface area (Å²) in [5, 5.41) is 5.42. The lowest BCUT2D eigenvalue weighted by Gasteiger charge is -2.30. The van der Waals surface area contributed by atoms with Gasteiger partial charge in [-0.15, -0.1) is 0 Å². The van der Waals surface area contributed by atoms with E-state index in [1.165, 1.54) is 0 Å². The number of nitrogens with two attached hydrogens (primary N) is 1. The van der Waals surface area contributed by atoms with Crippen molar-refractivity contribution < 1.29 is 9.59 Å². The molecule has 3 unspecified atom stereocenters. The predicted octanol–water partition coefficient (Wildman–Crippen LogP) is 0.391. The van der Waals surface area contributed by atoms with E-state index in [-0.39, 0.29) is 36.4 Å². The molecule has 4 N–H and O–H groups in total. The van der Waals surface area contributed by atoms with Crippen LogP contribution in [0.4, 0.5) is 0 Å². The second-order valence-corrected chi connectivity index (χ2v) is 5.59. The smallest absolute Gasteiger partial charge is 0.239 e. The Bertz CT molecular complexity index is 305. The van der Waals surface area contributed by atoms with E-state index in [4.69, 9.17) is 5.73 Å². The normalized spacial score (nSPS) is 27.9. The van der Waals surface area contributed by atoms with E-state index in [1.54, 1.807) is 0 Å². The van der Waals surface area contributed by atoms with Gasteiger partial charge in [0.05, 0.1) is 6.54 Å². The maximum absolute atomic E-state index is 11.9. The molecule has 0 bridgehead atoms. The van der Waals surface area contributed by atoms with Gasteiger partial charge in [0.2, 0.25) is 11.8 Å². The molecule has 3 atom stereocenters. The highest BCUT2D eigenvalue weighted by atomic mass is 16.2. The Morgan fingerprint density at radius 3 is 2.56 bits per heavy atom. The van der Waals surface area contributed by atoms with Crippen LogP contribution in [0, 0.1) is 11.8 Å². The lowest BCUT2D eigenvalue weighted by Crippen LogP contribution is -2.45. The highest BCUT2D eigenvalue weighted by Gasteiger charge is 2.29. The summed E-state index contributed by atoms with van der Waals surface area (Å²) in [6, 6.07) is 0.192. The Hall–Kier alpha value is -1.10. The van der Waals surface area contributed by atoms with Crippen LogP contribution in [0.2, 0.25) is 0 Å². The molecule has 2 amide bonds. The summed E-state index contributed by atoms with van der Waals surface area (Å²) in [6.45, 7) is 5.95. The number of hydrogen-bond acceptors (Lipinski definition) is 3. The molecule has 0 radical (unpaired) electrons. The summed E-state index contributed by atoms with van der Waals surface area (Å²) < 4.78 is 0. The first-order valence-electron chi connectivity index (χ1n) is 6.72. The molecular formula is C13H25N3O2. The quantitative estimate of drug-likeness (QED) is 0.679. The Morgan fingerprint density at radius 1 is 1.33 bits per heavy atom. The fourth-order valence-electron chi connectivity index (χ4n) is 2.28. The molecule has 0 aromatic heterocycles. The highest BCUT2D eigenvalue weighted by molar-refractivity contribution is 5.85. The maximum atomic E-state index is 11.9. The number of rotatable bonds is 4. The van der Waals surface area contributed by atoms with Crippen LogP contribution in [0.1, 0.15) is 40.0 Å². The third-order valence-electron chi connectivity index (χ3n) is 3.50. The van der Waals surface area contributed by atoms with E-state index in [2.05, 4.69) is 17.6 Å². The summed E-state index contributed by atoms with van der Waals surface area (Å²) in [4.78, 5) is 23.3. The van der Waals surface area contributed by atoms with E-state index >= 15 is 0 Å². The van der Waals surface area contributed by atoms with Gasteiger partial charge in [0.25, 0.3) is 0 Å². The molecule has 0 aromatic rings. The van der Waals surface area contributed by atoms with Gasteiger partial charge < -0.3 is 16.4 Å². The van der Waals surface area contributed by atoms with Crippen LogP contribution in [0.3, 0.4) is 0 Å². The molecule has 104 valence electrons. The molecule has 1 fully saturated rings. The zero-order valence-electron chi connectivity index (χ0n) is 11.5. The van der Waals surface area contributed by atoms with Crippen molar-refractivity contribution in [2.24, 2.45) is 17.6 Å². The molecule has 18 heavy (non-hydrogen) atoms. The zero-order valence-corrected chi connectivity index (χ0v) is 11.5. The van der Waals surface area contributed by atoms with Gasteiger partial charge in [-0.3, -0.25) is 9.59 Å². The maximum Gasteiger partial charge on any atom is 0.239 e. The number of amides is 2. The van der Waals surface area contributed by atoms with Crippen LogP contribution in [0.5, 0.6) is 0 Å². The van der Waals surface area contributed by atoms with Gasteiger partial charge in [-0.25, -0.2) is 0 Å². The van der Waals surface area contributed by atoms with E-state index < -0.39 is 0 Å². The third-order valence-corrected chi connectivity index (χ3v) is 3.50. The highest BCUT2D eigenvalue weighted by Crippen LogP contribution is 2.27. The van der Waals surface area contributed by atoms with Crippen molar-refractivity contribution in [1.29, 1.82) is 0 Å². The Kier molecular flexibility index (Phi) is 5.59. The molecule has 5 heteroatoms. The second kappa shape index (κ2) is 6.73. The molecule has 1 aliphatic rings. The first kappa shape index (κ1) is 15.0. The Labute approximate surface area is 109 Å². The summed E-state index contributed by atoms with van der Waals surface area (Å²) >= 11 is 0. The van der Waals surface area contributed by atoms with Gasteiger partial charge in [-0.2, -0.15) is 0 Å². The third kappa shape index (κ3) is 4.64. The van der Waals surface area contributed by atoms with Crippen molar-refractivity contribution in [2.75, 3.05) is 6.54 Å². The lowest BCUT2D eigenvalue weighted by molar-refractivity contribution is -0.129. The largest absolute Gasteiger partial charge is 0.352 e. The SMILES string of the molecule is CC(C)NC(=O)CNC(=O)C1CCC(C)C(N)C1. The number of nitrogens with one attached hydrogen (secondary N) is 2. The van der Waals surface area contributed by atoms with Crippen molar-refractivity contribution >= 4 is 11.8 Å². The van der Waals surface area contributed by atoms with Crippen LogP contribution < -0.4 is 16.4 Å². The molecule has 1 rings (SSSR count). The average molecular weight is 255 g/mol. The molecule has 0 aromatic carbocycles. The fraction of sp³-hybridized carbons (Fsp3) is 0.846. The summed E-state index contributed by atoms with van der Waals surface area (Å²) in [5.74, 6) is 0.254. The lowest BCUT2D eigenvalue weighted by atomic mass is 9.79. The minimum Gasteiger partial charge on any atom is -0.352 e. The van der Waals surface area contributed by atoms with E-state index in [1.807, 2.05) is 13.8 Å². The second-order valence-electron chi connectivity index (χ2n) is 5.59. The van der Waals surface area contributed by atoms with E-state index in [0.717, 1.165) is 19.3 Å². The van der Waals surface area contributed by atoms with Crippen LogP contribution in [0.15, 0.2) is 0 Å². The van der Waals surface area contributed by atoms with Crippen LogP contribution in [-0.4, -0.2) is 30.4 Å². The summed E-state index contributed by atoms with van der Waals surface area (Å²) in [7, 11) is 0. The number of hydrogen-bond donors (Lipinski definition) is 3. The van der Waals surface area contributed by atoms with Gasteiger partial charge in [0.1, 0.15) is 0 Å². The fourth-order valence-corrected chi connectivity index (χ4v) is 2.28. The van der Waals surface area contributed by atoms with Crippen LogP contribution in [0.25, 0.3) is 0 Å². The van der Waals surface area contributed by atoms with Crippen molar-refractivity contribution in [3.05, 3.63) is 0 Å². The monoisotopic (exact) mass is 255 g/mol. The van der Waals surface area contributed by atoms with Gasteiger partial charge in [0, 0.05) is 18.0 Å². The van der Waals surface area contributed by atoms with Crippen molar-refractivity contribution in [3.8, 4) is 0 Å². The first-order chi connectivity index (χ1) is 8.40. The number of carbonyl (C=O) groups excluding carboxylic acids is 2. The first-order valence-corrected chi connectivity index (χ1v) is 6.72. The molecular weight excluding hydrogens is 230 g/mol.